The SMILES string of the molecule is CC1(C)[C@H]2CC[C@@]1(C)[C@H](NC(=O)c1ccc(-n3cccn3)cc1)C2. The molecular weight excluding hydrogens is 298 g/mol. The summed E-state index contributed by atoms with van der Waals surface area (Å²) in [6.07, 6.45) is 7.27. The van der Waals surface area contributed by atoms with Crippen LogP contribution in [0.1, 0.15) is 50.4 Å². The van der Waals surface area contributed by atoms with E-state index >= 15 is 0 Å². The average molecular weight is 323 g/mol. The van der Waals surface area contributed by atoms with Crippen LogP contribution >= 0.6 is 0 Å². The number of rotatable bonds is 3. The van der Waals surface area contributed by atoms with E-state index in [1.54, 1.807) is 10.9 Å². The summed E-state index contributed by atoms with van der Waals surface area (Å²) in [4.78, 5) is 12.7. The van der Waals surface area contributed by atoms with E-state index in [-0.39, 0.29) is 17.4 Å². The fourth-order valence-electron chi connectivity index (χ4n) is 4.85. The van der Waals surface area contributed by atoms with E-state index in [1.165, 1.54) is 12.8 Å². The van der Waals surface area contributed by atoms with Crippen LogP contribution in [0.15, 0.2) is 42.7 Å². The molecule has 1 N–H and O–H groups in total. The van der Waals surface area contributed by atoms with Crippen LogP contribution in [-0.2, 0) is 0 Å². The Hall–Kier alpha value is -2.10. The molecule has 0 radical (unpaired) electrons. The topological polar surface area (TPSA) is 46.9 Å². The summed E-state index contributed by atoms with van der Waals surface area (Å²) in [6, 6.07) is 9.81. The fourth-order valence-corrected chi connectivity index (χ4v) is 4.85. The van der Waals surface area contributed by atoms with Crippen LogP contribution in [-0.4, -0.2) is 21.7 Å². The lowest BCUT2D eigenvalue weighted by Gasteiger charge is -2.39. The van der Waals surface area contributed by atoms with Crippen molar-refractivity contribution >= 4 is 5.91 Å². The molecule has 4 heteroatoms. The van der Waals surface area contributed by atoms with Crippen LogP contribution in [0.5, 0.6) is 0 Å². The summed E-state index contributed by atoms with van der Waals surface area (Å²) in [6.45, 7) is 7.09. The smallest absolute Gasteiger partial charge is 0.251 e. The van der Waals surface area contributed by atoms with Crippen molar-refractivity contribution in [3.05, 3.63) is 48.3 Å². The number of nitrogens with zero attached hydrogens (tertiary/aromatic N) is 2. The Morgan fingerprint density at radius 1 is 1.25 bits per heavy atom. The molecule has 2 saturated carbocycles. The summed E-state index contributed by atoms with van der Waals surface area (Å²) >= 11 is 0. The van der Waals surface area contributed by atoms with Gasteiger partial charge in [-0.3, -0.25) is 4.79 Å². The highest BCUT2D eigenvalue weighted by Crippen LogP contribution is 2.65. The third-order valence-electron chi connectivity index (χ3n) is 7.00. The summed E-state index contributed by atoms with van der Waals surface area (Å²) in [5.41, 5.74) is 2.21. The van der Waals surface area contributed by atoms with Crippen LogP contribution in [0.25, 0.3) is 5.69 Å². The second kappa shape index (κ2) is 5.20. The first kappa shape index (κ1) is 15.4. The molecule has 2 aromatic rings. The highest BCUT2D eigenvalue weighted by molar-refractivity contribution is 5.94. The van der Waals surface area contributed by atoms with E-state index in [4.69, 9.17) is 0 Å². The predicted octanol–water partition coefficient (Wildman–Crippen LogP) is 3.82. The molecule has 126 valence electrons. The van der Waals surface area contributed by atoms with Gasteiger partial charge in [-0.25, -0.2) is 4.68 Å². The molecule has 1 aromatic carbocycles. The second-order valence-corrected chi connectivity index (χ2v) is 8.13. The Morgan fingerprint density at radius 3 is 2.54 bits per heavy atom. The predicted molar refractivity (Wildman–Crippen MR) is 94.0 cm³/mol. The zero-order chi connectivity index (χ0) is 16.9. The number of hydrogen-bond acceptors (Lipinski definition) is 2. The van der Waals surface area contributed by atoms with Crippen molar-refractivity contribution in [3.8, 4) is 5.69 Å². The number of hydrogen-bond donors (Lipinski definition) is 1. The molecule has 24 heavy (non-hydrogen) atoms. The number of carbonyl (C=O) groups is 1. The molecule has 0 unspecified atom stereocenters. The van der Waals surface area contributed by atoms with Gasteiger partial charge in [0.25, 0.3) is 5.91 Å². The molecule has 0 spiro atoms. The third kappa shape index (κ3) is 2.12. The van der Waals surface area contributed by atoms with Crippen molar-refractivity contribution in [2.24, 2.45) is 16.7 Å². The normalized spacial score (nSPS) is 30.5. The summed E-state index contributed by atoms with van der Waals surface area (Å²) in [5, 5.41) is 7.53. The summed E-state index contributed by atoms with van der Waals surface area (Å²) < 4.78 is 1.79. The quantitative estimate of drug-likeness (QED) is 0.933. The van der Waals surface area contributed by atoms with Crippen LogP contribution in [0, 0.1) is 16.7 Å². The molecule has 1 amide bonds. The van der Waals surface area contributed by atoms with E-state index in [2.05, 4.69) is 31.2 Å². The van der Waals surface area contributed by atoms with E-state index in [0.29, 0.717) is 5.41 Å². The molecule has 0 saturated heterocycles. The number of aromatic nitrogens is 2. The monoisotopic (exact) mass is 323 g/mol. The van der Waals surface area contributed by atoms with Crippen LogP contribution in [0.4, 0.5) is 0 Å². The zero-order valence-electron chi connectivity index (χ0n) is 14.6. The second-order valence-electron chi connectivity index (χ2n) is 8.13. The minimum atomic E-state index is 0.0385. The van der Waals surface area contributed by atoms with Gasteiger partial charge in [0, 0.05) is 24.0 Å². The number of carbonyl (C=O) groups excluding carboxylic acids is 1. The van der Waals surface area contributed by atoms with Crippen molar-refractivity contribution in [1.29, 1.82) is 0 Å². The van der Waals surface area contributed by atoms with Gasteiger partial charge in [0.15, 0.2) is 0 Å². The van der Waals surface area contributed by atoms with Gasteiger partial charge in [-0.1, -0.05) is 20.8 Å². The first-order chi connectivity index (χ1) is 11.4. The van der Waals surface area contributed by atoms with Gasteiger partial charge in [0.05, 0.1) is 5.69 Å². The van der Waals surface area contributed by atoms with Gasteiger partial charge in [-0.2, -0.15) is 5.10 Å². The maximum atomic E-state index is 12.7. The Bertz CT molecular complexity index is 748. The molecule has 1 heterocycles. The molecular formula is C20H25N3O. The van der Waals surface area contributed by atoms with Gasteiger partial charge in [-0.05, 0) is 66.3 Å². The summed E-state index contributed by atoms with van der Waals surface area (Å²) in [5.74, 6) is 0.770. The Balaban J connectivity index is 1.49. The minimum Gasteiger partial charge on any atom is -0.349 e. The Labute approximate surface area is 143 Å². The van der Waals surface area contributed by atoms with Gasteiger partial charge >= 0.3 is 0 Å². The molecule has 2 aliphatic carbocycles. The number of benzene rings is 1. The van der Waals surface area contributed by atoms with Crippen LogP contribution < -0.4 is 5.32 Å². The number of nitrogens with one attached hydrogen (secondary N) is 1. The highest BCUT2D eigenvalue weighted by atomic mass is 16.1. The van der Waals surface area contributed by atoms with Gasteiger partial charge < -0.3 is 5.32 Å². The molecule has 1 aromatic heterocycles. The maximum Gasteiger partial charge on any atom is 0.251 e. The fraction of sp³-hybridized carbons (Fsp3) is 0.500. The first-order valence-corrected chi connectivity index (χ1v) is 8.83. The number of amides is 1. The van der Waals surface area contributed by atoms with E-state index in [9.17, 15) is 4.79 Å². The lowest BCUT2D eigenvalue weighted by Crippen LogP contribution is -2.46. The van der Waals surface area contributed by atoms with Crippen molar-refractivity contribution in [2.45, 2.75) is 46.1 Å². The van der Waals surface area contributed by atoms with E-state index in [1.807, 2.05) is 36.5 Å². The van der Waals surface area contributed by atoms with Gasteiger partial charge in [0.1, 0.15) is 0 Å². The Kier molecular flexibility index (Phi) is 3.34. The molecule has 4 nitrogen and oxygen atoms in total. The molecule has 0 aliphatic heterocycles. The van der Waals surface area contributed by atoms with Crippen molar-refractivity contribution in [1.82, 2.24) is 15.1 Å². The third-order valence-corrected chi connectivity index (χ3v) is 7.00. The largest absolute Gasteiger partial charge is 0.349 e. The lowest BCUT2D eigenvalue weighted by molar-refractivity contribution is 0.0826. The van der Waals surface area contributed by atoms with Crippen molar-refractivity contribution < 1.29 is 4.79 Å². The highest BCUT2D eigenvalue weighted by Gasteiger charge is 2.61. The molecule has 2 bridgehead atoms. The van der Waals surface area contributed by atoms with Crippen molar-refractivity contribution in [2.75, 3.05) is 0 Å². The summed E-state index contributed by atoms with van der Waals surface area (Å²) in [7, 11) is 0. The first-order valence-electron chi connectivity index (χ1n) is 8.83. The van der Waals surface area contributed by atoms with Crippen molar-refractivity contribution in [3.63, 3.8) is 0 Å². The standard InChI is InChI=1S/C20H25N3O/c1-19(2)15-9-10-20(19,3)17(13-15)22-18(24)14-5-7-16(8-6-14)23-12-4-11-21-23/h4-8,11-12,15,17H,9-10,13H2,1-3H3,(H,22,24)/t15-,17+,20-/m0/s1. The number of fused-ring (bicyclic) bond motifs is 2. The molecule has 3 atom stereocenters. The maximum absolute atomic E-state index is 12.7. The lowest BCUT2D eigenvalue weighted by atomic mass is 9.69. The average Bonchev–Trinajstić information content (AvgIpc) is 3.22. The minimum absolute atomic E-state index is 0.0385. The van der Waals surface area contributed by atoms with Crippen LogP contribution in [0.3, 0.4) is 0 Å². The zero-order valence-corrected chi connectivity index (χ0v) is 14.6. The molecule has 2 fully saturated rings. The van der Waals surface area contributed by atoms with E-state index < -0.39 is 0 Å². The van der Waals surface area contributed by atoms with Gasteiger partial charge in [0.2, 0.25) is 0 Å². The molecule has 2 aliphatic rings. The molecule has 4 rings (SSSR count). The Morgan fingerprint density at radius 2 is 2.00 bits per heavy atom. The van der Waals surface area contributed by atoms with Gasteiger partial charge in [-0.15, -0.1) is 0 Å². The van der Waals surface area contributed by atoms with Crippen LogP contribution in [0.2, 0.25) is 0 Å². The van der Waals surface area contributed by atoms with E-state index in [0.717, 1.165) is 23.6 Å².